The largest absolute Gasteiger partial charge is 0.362 e. The number of ether oxygens (including phenoxy) is 2. The van der Waals surface area contributed by atoms with Crippen LogP contribution >= 0.6 is 0 Å². The van der Waals surface area contributed by atoms with Crippen LogP contribution in [0.3, 0.4) is 0 Å². The number of allylic oxidation sites excluding steroid dienone is 2. The van der Waals surface area contributed by atoms with Gasteiger partial charge >= 0.3 is 0 Å². The number of carbonyl (C=O) groups is 4. The minimum atomic E-state index is -1.83. The summed E-state index contributed by atoms with van der Waals surface area (Å²) in [5.41, 5.74) is -1.36. The molecule has 0 aromatic heterocycles. The molecule has 0 amide bonds. The van der Waals surface area contributed by atoms with Gasteiger partial charge in [-0.25, -0.2) is 0 Å². The van der Waals surface area contributed by atoms with E-state index in [1.54, 1.807) is 0 Å². The summed E-state index contributed by atoms with van der Waals surface area (Å²) in [5, 5.41) is 24.1. The maximum atomic E-state index is 15.0. The first kappa shape index (κ1) is 33.8. The predicted octanol–water partition coefficient (Wildman–Crippen LogP) is 6.35. The van der Waals surface area contributed by atoms with E-state index in [-0.39, 0.29) is 68.7 Å². The van der Waals surface area contributed by atoms with Gasteiger partial charge in [-0.2, -0.15) is 0 Å². The third-order valence-electron chi connectivity index (χ3n) is 17.6. The summed E-state index contributed by atoms with van der Waals surface area (Å²) < 4.78 is 13.3. The highest BCUT2D eigenvalue weighted by Crippen LogP contribution is 2.71. The van der Waals surface area contributed by atoms with Gasteiger partial charge < -0.3 is 19.7 Å². The van der Waals surface area contributed by atoms with Gasteiger partial charge in [-0.3, -0.25) is 19.2 Å². The van der Waals surface area contributed by atoms with Gasteiger partial charge in [0.05, 0.1) is 0 Å². The van der Waals surface area contributed by atoms with Crippen LogP contribution in [0.25, 0.3) is 0 Å². The Morgan fingerprint density at radius 3 is 1.34 bits per heavy atom. The molecule has 0 radical (unpaired) electrons. The number of hydrogen-bond acceptors (Lipinski definition) is 8. The number of aliphatic hydroxyl groups is 2. The Kier molecular flexibility index (Phi) is 7.30. The molecule has 9 rings (SSSR count). The molecule has 8 nitrogen and oxygen atoms in total. The lowest BCUT2D eigenvalue weighted by Crippen LogP contribution is -2.67. The van der Waals surface area contributed by atoms with Gasteiger partial charge in [-0.05, 0) is 147 Å². The molecule has 1 aliphatic heterocycles. The van der Waals surface area contributed by atoms with Crippen molar-refractivity contribution in [1.29, 1.82) is 0 Å². The second-order valence-corrected chi connectivity index (χ2v) is 19.5. The first-order valence-electron chi connectivity index (χ1n) is 19.9. The normalized spacial score (nSPS) is 54.4. The highest BCUT2D eigenvalue weighted by molar-refractivity contribution is 5.96. The molecule has 14 atom stereocenters. The molecule has 0 bridgehead atoms. The minimum Gasteiger partial charge on any atom is -0.362 e. The summed E-state index contributed by atoms with van der Waals surface area (Å²) in [5.74, 6) is -0.535. The smallest absolute Gasteiger partial charge is 0.220 e. The van der Waals surface area contributed by atoms with Crippen molar-refractivity contribution < 1.29 is 38.9 Å². The number of Topliss-reactive ketones (excluding diaryl/α,β-unsaturated/α-hetero) is 2. The summed E-state index contributed by atoms with van der Waals surface area (Å²) in [4.78, 5) is 54.8. The van der Waals surface area contributed by atoms with Crippen molar-refractivity contribution in [2.75, 3.05) is 0 Å². The molecule has 7 fully saturated rings. The van der Waals surface area contributed by atoms with Crippen molar-refractivity contribution in [2.45, 2.75) is 154 Å². The van der Waals surface area contributed by atoms with Crippen LogP contribution in [-0.2, 0) is 28.7 Å². The van der Waals surface area contributed by atoms with E-state index in [9.17, 15) is 29.4 Å². The lowest BCUT2D eigenvalue weighted by molar-refractivity contribution is -0.276. The zero-order valence-corrected chi connectivity index (χ0v) is 30.4. The molecule has 2 unspecified atom stereocenters. The van der Waals surface area contributed by atoms with E-state index in [1.807, 2.05) is 12.2 Å². The Bertz CT molecular complexity index is 1510. The fraction of sp³-hybridized carbons (Fsp3) is 0.810. The second-order valence-electron chi connectivity index (χ2n) is 19.5. The molecule has 2 N–H and O–H groups in total. The summed E-state index contributed by atoms with van der Waals surface area (Å²) in [6, 6.07) is 0. The lowest BCUT2D eigenvalue weighted by atomic mass is 9.46. The van der Waals surface area contributed by atoms with Gasteiger partial charge in [0, 0.05) is 24.7 Å². The molecule has 9 aliphatic rings. The molecular weight excluding hydrogens is 632 g/mol. The van der Waals surface area contributed by atoms with Crippen LogP contribution in [0.4, 0.5) is 0 Å². The van der Waals surface area contributed by atoms with E-state index < -0.39 is 35.3 Å². The van der Waals surface area contributed by atoms with Crippen molar-refractivity contribution in [3.63, 3.8) is 0 Å². The van der Waals surface area contributed by atoms with E-state index >= 15 is 0 Å². The molecule has 1 heterocycles. The lowest BCUT2D eigenvalue weighted by Gasteiger charge is -2.61. The van der Waals surface area contributed by atoms with Crippen LogP contribution in [-0.4, -0.2) is 57.1 Å². The Morgan fingerprint density at radius 1 is 0.540 bits per heavy atom. The first-order valence-corrected chi connectivity index (χ1v) is 19.9. The molecule has 0 aromatic rings. The standard InChI is InChI=1S/C42H56O8/c1-37-13-11-29-27(7-5-23-21-25(43)9-15-39(23,29)3)31(37)41(19-17-37)33(45)35(47)50-42(34(46)36(48)49-41)20-18-38(2)14-12-30-28(32(38)42)8-6-24-22-26(44)10-16-40(24,30)4/h21-22,27-32,35-36,47-48H,5-20H2,1-4H3/t27-,28-,29+,30+,31+,32+,35?,36?,37-,38-,39+,40+,41-,42-/m1/s1. The highest BCUT2D eigenvalue weighted by Gasteiger charge is 2.73. The summed E-state index contributed by atoms with van der Waals surface area (Å²) in [6.07, 6.45) is 11.8. The van der Waals surface area contributed by atoms with Crippen LogP contribution in [0.2, 0.25) is 0 Å². The predicted molar refractivity (Wildman–Crippen MR) is 183 cm³/mol. The van der Waals surface area contributed by atoms with Crippen molar-refractivity contribution in [1.82, 2.24) is 0 Å². The average Bonchev–Trinajstić information content (AvgIpc) is 3.56. The average molecular weight is 689 g/mol. The van der Waals surface area contributed by atoms with Crippen LogP contribution in [0, 0.1) is 57.2 Å². The van der Waals surface area contributed by atoms with Gasteiger partial charge in [-0.15, -0.1) is 0 Å². The molecular formula is C42H56O8. The van der Waals surface area contributed by atoms with Crippen molar-refractivity contribution in [2.24, 2.45) is 57.2 Å². The number of aliphatic hydroxyl groups excluding tert-OH is 2. The third-order valence-corrected chi connectivity index (χ3v) is 17.6. The zero-order chi connectivity index (χ0) is 35.2. The molecule has 8 heteroatoms. The first-order chi connectivity index (χ1) is 23.6. The van der Waals surface area contributed by atoms with Gasteiger partial charge in [-0.1, -0.05) is 38.8 Å². The number of rotatable bonds is 0. The molecule has 6 saturated carbocycles. The van der Waals surface area contributed by atoms with E-state index in [0.717, 1.165) is 64.2 Å². The van der Waals surface area contributed by atoms with Crippen LogP contribution < -0.4 is 0 Å². The highest BCUT2D eigenvalue weighted by atomic mass is 16.7. The van der Waals surface area contributed by atoms with Gasteiger partial charge in [0.25, 0.3) is 0 Å². The topological polar surface area (TPSA) is 127 Å². The second kappa shape index (κ2) is 10.8. The van der Waals surface area contributed by atoms with E-state index in [0.29, 0.717) is 38.5 Å². The number of carbonyl (C=O) groups excluding carboxylic acids is 4. The van der Waals surface area contributed by atoms with Gasteiger partial charge in [0.2, 0.25) is 24.1 Å². The van der Waals surface area contributed by atoms with Crippen molar-refractivity contribution in [3.05, 3.63) is 23.3 Å². The Labute approximate surface area is 296 Å². The number of hydrogen-bond donors (Lipinski definition) is 2. The van der Waals surface area contributed by atoms with E-state index in [1.165, 1.54) is 11.1 Å². The van der Waals surface area contributed by atoms with Gasteiger partial charge in [0.15, 0.2) is 11.6 Å². The fourth-order valence-electron chi connectivity index (χ4n) is 15.2. The molecule has 0 aromatic carbocycles. The van der Waals surface area contributed by atoms with Gasteiger partial charge in [0.1, 0.15) is 11.2 Å². The Morgan fingerprint density at radius 2 is 0.940 bits per heavy atom. The quantitative estimate of drug-likeness (QED) is 0.302. The Hall–Kier alpha value is -2.00. The summed E-state index contributed by atoms with van der Waals surface area (Å²) >= 11 is 0. The maximum absolute atomic E-state index is 15.0. The molecule has 272 valence electrons. The number of fused-ring (bicyclic) bond motifs is 12. The summed E-state index contributed by atoms with van der Waals surface area (Å²) in [7, 11) is 0. The number of ketones is 4. The van der Waals surface area contributed by atoms with Crippen molar-refractivity contribution in [3.8, 4) is 0 Å². The zero-order valence-electron chi connectivity index (χ0n) is 30.4. The SMILES string of the molecule is C[C@]12CC[C@H]3[C@@H](CCC4=CC(=O)CC[C@@]43C)[C@@H]1[C@@]1(CC2)OC(O)C(=O)[C@]2(CC[C@@]3(C)CC[C@H]4[C@@H](CCC5=CC(=O)CC[C@@]54C)[C@@H]32)OC(O)C1=O. The monoisotopic (exact) mass is 688 g/mol. The Balaban J connectivity index is 1.08. The molecule has 1 saturated heterocycles. The minimum absolute atomic E-state index is 0.0972. The third kappa shape index (κ3) is 4.25. The van der Waals surface area contributed by atoms with Crippen LogP contribution in [0.15, 0.2) is 23.3 Å². The van der Waals surface area contributed by atoms with E-state index in [4.69, 9.17) is 9.47 Å². The summed E-state index contributed by atoms with van der Waals surface area (Å²) in [6.45, 7) is 9.04. The maximum Gasteiger partial charge on any atom is 0.220 e. The molecule has 50 heavy (non-hydrogen) atoms. The fourth-order valence-corrected chi connectivity index (χ4v) is 15.2. The molecule has 2 spiro atoms. The van der Waals surface area contributed by atoms with Crippen molar-refractivity contribution >= 4 is 23.1 Å². The molecule has 8 aliphatic carbocycles. The van der Waals surface area contributed by atoms with Crippen LogP contribution in [0.5, 0.6) is 0 Å². The van der Waals surface area contributed by atoms with Crippen LogP contribution in [0.1, 0.15) is 130 Å². The van der Waals surface area contributed by atoms with E-state index in [2.05, 4.69) is 27.7 Å².